The molecule has 1 aromatic carbocycles. The van der Waals surface area contributed by atoms with Crippen LogP contribution in [0.5, 0.6) is 5.75 Å². The second-order valence-corrected chi connectivity index (χ2v) is 2.57. The van der Waals surface area contributed by atoms with E-state index in [0.717, 1.165) is 0 Å². The van der Waals surface area contributed by atoms with Gasteiger partial charge in [0.1, 0.15) is 5.75 Å². The molecule has 0 bridgehead atoms. The molecule has 1 rings (SSSR count). The van der Waals surface area contributed by atoms with Crippen LogP contribution in [0.4, 0.5) is 8.78 Å². The van der Waals surface area contributed by atoms with Crippen molar-refractivity contribution in [3.8, 4) is 5.75 Å². The van der Waals surface area contributed by atoms with Crippen LogP contribution in [0.25, 0.3) is 0 Å². The minimum Gasteiger partial charge on any atom is -0.435 e. The van der Waals surface area contributed by atoms with Crippen LogP contribution in [-0.2, 0) is 0 Å². The Morgan fingerprint density at radius 1 is 1.42 bits per heavy atom. The second-order valence-electron chi connectivity index (χ2n) is 2.13. The maximum absolute atomic E-state index is 11.7. The predicted molar refractivity (Wildman–Crippen MR) is 42.5 cm³/mol. The number of halogens is 3. The maximum Gasteiger partial charge on any atom is 0.387 e. The molecule has 0 saturated carbocycles. The Morgan fingerprint density at radius 2 is 2.08 bits per heavy atom. The van der Waals surface area contributed by atoms with E-state index in [9.17, 15) is 8.78 Å². The number of hydrogen-bond acceptors (Lipinski definition) is 1. The molecule has 0 heterocycles. The summed E-state index contributed by atoms with van der Waals surface area (Å²) in [6.45, 7) is 0.664. The molecule has 0 aliphatic carbocycles. The highest BCUT2D eigenvalue weighted by Crippen LogP contribution is 2.23. The molecular formula is C8H6ClF2O. The predicted octanol–water partition coefficient (Wildman–Crippen LogP) is 3.12. The third-order valence-corrected chi connectivity index (χ3v) is 1.47. The topological polar surface area (TPSA) is 9.23 Å². The molecule has 1 nitrogen and oxygen atoms in total. The summed E-state index contributed by atoms with van der Waals surface area (Å²) in [6.07, 6.45) is 0. The average Bonchev–Trinajstić information content (AvgIpc) is 1.94. The van der Waals surface area contributed by atoms with Crippen molar-refractivity contribution in [3.05, 3.63) is 35.7 Å². The van der Waals surface area contributed by atoms with Gasteiger partial charge >= 0.3 is 6.61 Å². The minimum absolute atomic E-state index is 0.0504. The molecule has 0 N–H and O–H groups in total. The van der Waals surface area contributed by atoms with Crippen molar-refractivity contribution in [2.24, 2.45) is 0 Å². The van der Waals surface area contributed by atoms with Gasteiger partial charge in [-0.15, -0.1) is 0 Å². The van der Waals surface area contributed by atoms with Crippen molar-refractivity contribution < 1.29 is 13.5 Å². The number of benzene rings is 1. The van der Waals surface area contributed by atoms with Crippen molar-refractivity contribution in [1.82, 2.24) is 0 Å². The quantitative estimate of drug-likeness (QED) is 0.698. The van der Waals surface area contributed by atoms with Gasteiger partial charge in [-0.2, -0.15) is 8.78 Å². The van der Waals surface area contributed by atoms with Gasteiger partial charge in [0.15, 0.2) is 0 Å². The van der Waals surface area contributed by atoms with E-state index in [1.165, 1.54) is 18.2 Å². The highest BCUT2D eigenvalue weighted by atomic mass is 35.5. The number of rotatable bonds is 2. The zero-order chi connectivity index (χ0) is 9.14. The van der Waals surface area contributed by atoms with E-state index < -0.39 is 6.61 Å². The molecule has 1 aromatic rings. The molecule has 0 aliphatic rings. The van der Waals surface area contributed by atoms with E-state index in [4.69, 9.17) is 11.6 Å². The molecule has 0 unspecified atom stereocenters. The van der Waals surface area contributed by atoms with E-state index >= 15 is 0 Å². The lowest BCUT2D eigenvalue weighted by molar-refractivity contribution is -0.0501. The highest BCUT2D eigenvalue weighted by Gasteiger charge is 2.06. The summed E-state index contributed by atoms with van der Waals surface area (Å²) in [5.41, 5.74) is 0.350. The normalized spacial score (nSPS) is 10.4. The van der Waals surface area contributed by atoms with Gasteiger partial charge in [0.2, 0.25) is 0 Å². The van der Waals surface area contributed by atoms with E-state index in [1.807, 2.05) is 0 Å². The van der Waals surface area contributed by atoms with Crippen LogP contribution in [0.1, 0.15) is 5.56 Å². The summed E-state index contributed by atoms with van der Waals surface area (Å²) in [6, 6.07) is 4.28. The SMILES string of the molecule is [CH2]c1cc(Cl)ccc1OC(F)F. The molecule has 0 amide bonds. The molecule has 0 spiro atoms. The second kappa shape index (κ2) is 3.72. The highest BCUT2D eigenvalue weighted by molar-refractivity contribution is 6.30. The Balaban J connectivity index is 2.86. The van der Waals surface area contributed by atoms with Crippen LogP contribution in [-0.4, -0.2) is 6.61 Å². The Hall–Kier alpha value is -0.830. The Kier molecular flexibility index (Phi) is 2.87. The zero-order valence-corrected chi connectivity index (χ0v) is 6.81. The van der Waals surface area contributed by atoms with Crippen LogP contribution in [0.15, 0.2) is 18.2 Å². The van der Waals surface area contributed by atoms with E-state index in [-0.39, 0.29) is 5.75 Å². The van der Waals surface area contributed by atoms with Gasteiger partial charge < -0.3 is 4.74 Å². The summed E-state index contributed by atoms with van der Waals surface area (Å²) in [5, 5.41) is 0.446. The first-order chi connectivity index (χ1) is 5.59. The van der Waals surface area contributed by atoms with E-state index in [1.54, 1.807) is 0 Å². The van der Waals surface area contributed by atoms with Crippen LogP contribution in [0, 0.1) is 6.92 Å². The molecule has 0 aliphatic heterocycles. The summed E-state index contributed by atoms with van der Waals surface area (Å²) in [7, 11) is 0. The zero-order valence-electron chi connectivity index (χ0n) is 6.06. The van der Waals surface area contributed by atoms with Crippen molar-refractivity contribution in [1.29, 1.82) is 0 Å². The largest absolute Gasteiger partial charge is 0.435 e. The van der Waals surface area contributed by atoms with E-state index in [2.05, 4.69) is 11.7 Å². The molecule has 0 fully saturated rings. The fourth-order valence-corrected chi connectivity index (χ4v) is 0.954. The number of ether oxygens (including phenoxy) is 1. The molecule has 4 heteroatoms. The third kappa shape index (κ3) is 2.34. The first-order valence-electron chi connectivity index (χ1n) is 3.16. The van der Waals surface area contributed by atoms with Crippen molar-refractivity contribution in [3.63, 3.8) is 0 Å². The molecule has 0 atom stereocenters. The molecule has 1 radical (unpaired) electrons. The van der Waals surface area contributed by atoms with Crippen LogP contribution >= 0.6 is 11.6 Å². The molecule has 0 saturated heterocycles. The van der Waals surface area contributed by atoms with Crippen LogP contribution in [0.2, 0.25) is 5.02 Å². The molecule has 0 aromatic heterocycles. The fourth-order valence-electron chi connectivity index (χ4n) is 0.759. The first-order valence-corrected chi connectivity index (χ1v) is 3.53. The average molecular weight is 192 g/mol. The van der Waals surface area contributed by atoms with E-state index in [0.29, 0.717) is 10.6 Å². The Labute approximate surface area is 73.9 Å². The van der Waals surface area contributed by atoms with Gasteiger partial charge in [-0.1, -0.05) is 11.6 Å². The first kappa shape index (κ1) is 9.26. The van der Waals surface area contributed by atoms with Crippen LogP contribution in [0.3, 0.4) is 0 Å². The van der Waals surface area contributed by atoms with Gasteiger partial charge in [0, 0.05) is 5.02 Å². The molecule has 12 heavy (non-hydrogen) atoms. The van der Waals surface area contributed by atoms with Gasteiger partial charge in [-0.05, 0) is 30.7 Å². The lowest BCUT2D eigenvalue weighted by Crippen LogP contribution is -2.02. The van der Waals surface area contributed by atoms with Gasteiger partial charge in [-0.25, -0.2) is 0 Å². The monoisotopic (exact) mass is 191 g/mol. The molecule has 65 valence electrons. The fraction of sp³-hybridized carbons (Fsp3) is 0.125. The summed E-state index contributed by atoms with van der Waals surface area (Å²) in [5.74, 6) is 0.0504. The molecular weight excluding hydrogens is 186 g/mol. The van der Waals surface area contributed by atoms with Gasteiger partial charge in [-0.3, -0.25) is 0 Å². The summed E-state index contributed by atoms with van der Waals surface area (Å²) < 4.78 is 27.6. The van der Waals surface area contributed by atoms with Crippen molar-refractivity contribution >= 4 is 11.6 Å². The third-order valence-electron chi connectivity index (χ3n) is 1.24. The van der Waals surface area contributed by atoms with Crippen molar-refractivity contribution in [2.45, 2.75) is 6.61 Å². The van der Waals surface area contributed by atoms with Gasteiger partial charge in [0.05, 0.1) is 0 Å². The maximum atomic E-state index is 11.7. The van der Waals surface area contributed by atoms with Crippen molar-refractivity contribution in [2.75, 3.05) is 0 Å². The number of hydrogen-bond donors (Lipinski definition) is 0. The smallest absolute Gasteiger partial charge is 0.387 e. The number of alkyl halides is 2. The Morgan fingerprint density at radius 3 is 2.58 bits per heavy atom. The minimum atomic E-state index is -2.83. The standard InChI is InChI=1S/C8H6ClF2O/c1-5-4-6(9)2-3-7(5)12-8(10)11/h2-4,8H,1H2. The lowest BCUT2D eigenvalue weighted by Gasteiger charge is -2.06. The Bertz CT molecular complexity index is 276. The summed E-state index contributed by atoms with van der Waals surface area (Å²) in [4.78, 5) is 0. The van der Waals surface area contributed by atoms with Gasteiger partial charge in [0.25, 0.3) is 0 Å². The van der Waals surface area contributed by atoms with Crippen LogP contribution < -0.4 is 4.74 Å². The lowest BCUT2D eigenvalue weighted by atomic mass is 10.2. The summed E-state index contributed by atoms with van der Waals surface area (Å²) >= 11 is 5.57.